The second-order valence-corrected chi connectivity index (χ2v) is 6.91. The fourth-order valence-electron chi connectivity index (χ4n) is 5.41. The van der Waals surface area contributed by atoms with Crippen molar-refractivity contribution in [1.29, 1.82) is 0 Å². The Kier molecular flexibility index (Phi) is 2.20. The number of hydrogen-bond acceptors (Lipinski definition) is 3. The predicted octanol–water partition coefficient (Wildman–Crippen LogP) is 2.91. The van der Waals surface area contributed by atoms with Gasteiger partial charge in [-0.05, 0) is 56.3 Å². The normalized spacial score (nSPS) is 41.6. The van der Waals surface area contributed by atoms with Crippen LogP contribution < -0.4 is 5.73 Å². The maximum absolute atomic E-state index is 6.00. The van der Waals surface area contributed by atoms with Gasteiger partial charge in [0.2, 0.25) is 0 Å². The molecule has 1 heterocycles. The van der Waals surface area contributed by atoms with E-state index in [2.05, 4.69) is 4.98 Å². The number of aromatic nitrogens is 1. The van der Waals surface area contributed by atoms with E-state index in [1.165, 1.54) is 38.5 Å². The lowest BCUT2D eigenvalue weighted by Crippen LogP contribution is -2.48. The zero-order valence-electron chi connectivity index (χ0n) is 11.1. The summed E-state index contributed by atoms with van der Waals surface area (Å²) in [5, 5.41) is 0. The van der Waals surface area contributed by atoms with Crippen molar-refractivity contribution in [3.63, 3.8) is 0 Å². The molecule has 1 aromatic heterocycles. The van der Waals surface area contributed by atoms with E-state index in [1.807, 2.05) is 6.92 Å². The zero-order chi connectivity index (χ0) is 12.3. The van der Waals surface area contributed by atoms with Crippen LogP contribution in [0.25, 0.3) is 0 Å². The highest BCUT2D eigenvalue weighted by molar-refractivity contribution is 5.25. The molecule has 2 N–H and O–H groups in total. The van der Waals surface area contributed by atoms with Gasteiger partial charge in [0.15, 0.2) is 5.89 Å². The second kappa shape index (κ2) is 3.60. The Morgan fingerprint density at radius 1 is 1.17 bits per heavy atom. The molecule has 3 nitrogen and oxygen atoms in total. The SMILES string of the molecule is Cc1nc(CN)c(C23CC4CC(CC(C4)C2)C3)o1. The first-order valence-corrected chi connectivity index (χ1v) is 7.35. The van der Waals surface area contributed by atoms with Gasteiger partial charge < -0.3 is 10.2 Å². The summed E-state index contributed by atoms with van der Waals surface area (Å²) < 4.78 is 6.00. The molecule has 0 spiro atoms. The summed E-state index contributed by atoms with van der Waals surface area (Å²) >= 11 is 0. The first-order valence-electron chi connectivity index (χ1n) is 7.35. The summed E-state index contributed by atoms with van der Waals surface area (Å²) in [6.45, 7) is 2.47. The van der Waals surface area contributed by atoms with Crippen molar-refractivity contribution in [2.45, 2.75) is 57.4 Å². The highest BCUT2D eigenvalue weighted by Gasteiger charge is 2.54. The van der Waals surface area contributed by atoms with E-state index in [0.717, 1.165) is 35.1 Å². The van der Waals surface area contributed by atoms with Crippen LogP contribution >= 0.6 is 0 Å². The molecule has 18 heavy (non-hydrogen) atoms. The van der Waals surface area contributed by atoms with Crippen molar-refractivity contribution in [2.75, 3.05) is 0 Å². The topological polar surface area (TPSA) is 52.0 Å². The number of oxazole rings is 1. The average Bonchev–Trinajstić information content (AvgIpc) is 2.69. The van der Waals surface area contributed by atoms with E-state index in [9.17, 15) is 0 Å². The first-order chi connectivity index (χ1) is 8.68. The van der Waals surface area contributed by atoms with Crippen LogP contribution in [0, 0.1) is 24.7 Å². The molecular formula is C15H22N2O. The summed E-state index contributed by atoms with van der Waals surface area (Å²) in [6, 6.07) is 0. The number of rotatable bonds is 2. The van der Waals surface area contributed by atoms with E-state index in [0.29, 0.717) is 12.0 Å². The van der Waals surface area contributed by atoms with Gasteiger partial charge in [0.1, 0.15) is 5.76 Å². The van der Waals surface area contributed by atoms with Gasteiger partial charge in [-0.1, -0.05) is 0 Å². The molecule has 4 aliphatic rings. The van der Waals surface area contributed by atoms with Crippen molar-refractivity contribution in [3.05, 3.63) is 17.3 Å². The van der Waals surface area contributed by atoms with E-state index in [-0.39, 0.29) is 0 Å². The molecule has 98 valence electrons. The Morgan fingerprint density at radius 3 is 2.22 bits per heavy atom. The molecule has 0 radical (unpaired) electrons. The standard InChI is InChI=1S/C15H22N2O/c1-9-17-13(8-16)14(18-9)15-5-10-2-11(6-15)4-12(3-10)7-15/h10-12H,2-8,16H2,1H3. The van der Waals surface area contributed by atoms with E-state index in [1.54, 1.807) is 0 Å². The van der Waals surface area contributed by atoms with Crippen molar-refractivity contribution in [3.8, 4) is 0 Å². The Labute approximate surface area is 108 Å². The summed E-state index contributed by atoms with van der Waals surface area (Å²) in [4.78, 5) is 4.49. The summed E-state index contributed by atoms with van der Waals surface area (Å²) in [7, 11) is 0. The molecule has 3 heteroatoms. The van der Waals surface area contributed by atoms with Crippen LogP contribution in [0.2, 0.25) is 0 Å². The summed E-state index contributed by atoms with van der Waals surface area (Å²) in [5.74, 6) is 4.76. The van der Waals surface area contributed by atoms with Crippen LogP contribution in [0.4, 0.5) is 0 Å². The maximum Gasteiger partial charge on any atom is 0.191 e. The van der Waals surface area contributed by atoms with Crippen LogP contribution in [0.3, 0.4) is 0 Å². The lowest BCUT2D eigenvalue weighted by Gasteiger charge is -2.56. The highest BCUT2D eigenvalue weighted by Crippen LogP contribution is 2.61. The number of hydrogen-bond donors (Lipinski definition) is 1. The van der Waals surface area contributed by atoms with Gasteiger partial charge in [-0.15, -0.1) is 0 Å². The van der Waals surface area contributed by atoms with E-state index < -0.39 is 0 Å². The molecular weight excluding hydrogens is 224 g/mol. The molecule has 4 fully saturated rings. The molecule has 0 amide bonds. The fourth-order valence-corrected chi connectivity index (χ4v) is 5.41. The Hall–Kier alpha value is -0.830. The van der Waals surface area contributed by atoms with Gasteiger partial charge in [-0.25, -0.2) is 4.98 Å². The Balaban J connectivity index is 1.78. The molecule has 0 aliphatic heterocycles. The molecule has 0 atom stereocenters. The van der Waals surface area contributed by atoms with Crippen LogP contribution in [-0.4, -0.2) is 4.98 Å². The largest absolute Gasteiger partial charge is 0.445 e. The minimum atomic E-state index is 0.296. The van der Waals surface area contributed by atoms with Crippen LogP contribution in [-0.2, 0) is 12.0 Å². The Morgan fingerprint density at radius 2 is 1.72 bits per heavy atom. The molecule has 5 rings (SSSR count). The van der Waals surface area contributed by atoms with Crippen LogP contribution in [0.5, 0.6) is 0 Å². The molecule has 0 aromatic carbocycles. The smallest absolute Gasteiger partial charge is 0.191 e. The molecule has 0 unspecified atom stereocenters. The Bertz CT molecular complexity index is 442. The van der Waals surface area contributed by atoms with Gasteiger partial charge in [-0.3, -0.25) is 0 Å². The van der Waals surface area contributed by atoms with Gasteiger partial charge >= 0.3 is 0 Å². The number of nitrogens with zero attached hydrogens (tertiary/aromatic N) is 1. The molecule has 1 aromatic rings. The van der Waals surface area contributed by atoms with Gasteiger partial charge in [-0.2, -0.15) is 0 Å². The van der Waals surface area contributed by atoms with Gasteiger partial charge in [0.05, 0.1) is 5.69 Å². The lowest BCUT2D eigenvalue weighted by molar-refractivity contribution is -0.0159. The van der Waals surface area contributed by atoms with E-state index >= 15 is 0 Å². The van der Waals surface area contributed by atoms with Crippen molar-refractivity contribution >= 4 is 0 Å². The molecule has 0 saturated heterocycles. The summed E-state index contributed by atoms with van der Waals surface area (Å²) in [5.41, 5.74) is 7.18. The zero-order valence-corrected chi connectivity index (χ0v) is 11.1. The third-order valence-electron chi connectivity index (χ3n) is 5.52. The highest BCUT2D eigenvalue weighted by atomic mass is 16.4. The van der Waals surface area contributed by atoms with Gasteiger partial charge in [0, 0.05) is 18.9 Å². The summed E-state index contributed by atoms with van der Waals surface area (Å²) in [6.07, 6.45) is 8.35. The van der Waals surface area contributed by atoms with Crippen LogP contribution in [0.15, 0.2) is 4.42 Å². The minimum absolute atomic E-state index is 0.296. The van der Waals surface area contributed by atoms with Crippen molar-refractivity contribution in [1.82, 2.24) is 4.98 Å². The third kappa shape index (κ3) is 1.43. The number of aryl methyl sites for hydroxylation is 1. The monoisotopic (exact) mass is 246 g/mol. The first kappa shape index (κ1) is 11.0. The molecule has 4 saturated carbocycles. The minimum Gasteiger partial charge on any atom is -0.445 e. The predicted molar refractivity (Wildman–Crippen MR) is 69.0 cm³/mol. The van der Waals surface area contributed by atoms with Crippen molar-refractivity contribution in [2.24, 2.45) is 23.5 Å². The average molecular weight is 246 g/mol. The second-order valence-electron chi connectivity index (χ2n) is 6.91. The lowest BCUT2D eigenvalue weighted by atomic mass is 9.49. The third-order valence-corrected chi connectivity index (χ3v) is 5.52. The quantitative estimate of drug-likeness (QED) is 0.873. The number of nitrogens with two attached hydrogens (primary N) is 1. The van der Waals surface area contributed by atoms with E-state index in [4.69, 9.17) is 10.2 Å². The maximum atomic E-state index is 6.00. The molecule has 4 bridgehead atoms. The molecule has 4 aliphatic carbocycles. The van der Waals surface area contributed by atoms with Gasteiger partial charge in [0.25, 0.3) is 0 Å². The fraction of sp³-hybridized carbons (Fsp3) is 0.800. The van der Waals surface area contributed by atoms with Crippen LogP contribution in [0.1, 0.15) is 55.9 Å². The van der Waals surface area contributed by atoms with Crippen molar-refractivity contribution < 1.29 is 4.42 Å².